The first-order valence-corrected chi connectivity index (χ1v) is 12.3. The zero-order valence-electron chi connectivity index (χ0n) is 17.0. The summed E-state index contributed by atoms with van der Waals surface area (Å²) >= 11 is 6.42. The lowest BCUT2D eigenvalue weighted by atomic mass is 9.99. The van der Waals surface area contributed by atoms with Crippen LogP contribution in [0.1, 0.15) is 30.5 Å². The highest BCUT2D eigenvalue weighted by Crippen LogP contribution is 2.29. The van der Waals surface area contributed by atoms with E-state index in [0.717, 1.165) is 43.3 Å². The lowest BCUT2D eigenvalue weighted by Crippen LogP contribution is -2.48. The highest BCUT2D eigenvalue weighted by molar-refractivity contribution is 7.90. The minimum absolute atomic E-state index is 0.0147. The minimum Gasteiger partial charge on any atom is -0.353 e. The number of alkyl halides is 1. The van der Waals surface area contributed by atoms with Crippen molar-refractivity contribution in [2.75, 3.05) is 25.1 Å². The summed E-state index contributed by atoms with van der Waals surface area (Å²) in [6.07, 6.45) is 7.25. The predicted molar refractivity (Wildman–Crippen MR) is 116 cm³/mol. The molecule has 2 unspecified atom stereocenters. The molecule has 10 heteroatoms. The van der Waals surface area contributed by atoms with E-state index in [1.54, 1.807) is 13.1 Å². The number of nitrogens with one attached hydrogen (secondary N) is 1. The monoisotopic (exact) mass is 456 g/mol. The third-order valence-electron chi connectivity index (χ3n) is 5.28. The molecule has 0 spiro atoms. The number of sulfone groups is 1. The molecule has 30 heavy (non-hydrogen) atoms. The molecule has 1 N–H and O–H groups in total. The van der Waals surface area contributed by atoms with Gasteiger partial charge in [0.2, 0.25) is 5.91 Å². The number of carbonyl (C=O) groups excluding carboxylic acids is 1. The van der Waals surface area contributed by atoms with E-state index in [1.165, 1.54) is 12.3 Å². The molecule has 1 aromatic heterocycles. The Morgan fingerprint density at radius 2 is 2.07 bits per heavy atom. The Morgan fingerprint density at radius 1 is 1.37 bits per heavy atom. The first-order chi connectivity index (χ1) is 14.1. The van der Waals surface area contributed by atoms with Crippen LogP contribution in [0.2, 0.25) is 0 Å². The van der Waals surface area contributed by atoms with E-state index in [2.05, 4.69) is 20.2 Å². The molecule has 2 aliphatic rings. The summed E-state index contributed by atoms with van der Waals surface area (Å²) in [5, 5.41) is 2.49. The quantitative estimate of drug-likeness (QED) is 0.660. The molecule has 164 valence electrons. The van der Waals surface area contributed by atoms with Crippen LogP contribution < -0.4 is 5.32 Å². The van der Waals surface area contributed by atoms with Crippen molar-refractivity contribution in [1.29, 1.82) is 0 Å². The molecule has 2 aliphatic heterocycles. The zero-order valence-corrected chi connectivity index (χ0v) is 18.6. The fraction of sp³-hybridized carbons (Fsp3) is 0.550. The maximum atomic E-state index is 13.4. The average molecular weight is 457 g/mol. The van der Waals surface area contributed by atoms with Gasteiger partial charge in [0.1, 0.15) is 21.8 Å². The molecule has 0 saturated carbocycles. The van der Waals surface area contributed by atoms with Crippen molar-refractivity contribution < 1.29 is 17.6 Å². The summed E-state index contributed by atoms with van der Waals surface area (Å²) < 4.78 is 35.8. The average Bonchev–Trinajstić information content (AvgIpc) is 2.67. The number of aliphatic imine (C=N–C) groups is 1. The van der Waals surface area contributed by atoms with Crippen LogP contribution in [0.4, 0.5) is 4.39 Å². The highest BCUT2D eigenvalue weighted by atomic mass is 35.5. The second kappa shape index (κ2) is 9.53. The summed E-state index contributed by atoms with van der Waals surface area (Å²) in [6, 6.07) is 1.46. The highest BCUT2D eigenvalue weighted by Gasteiger charge is 2.28. The predicted octanol–water partition coefficient (Wildman–Crippen LogP) is 1.95. The number of hydrogen-bond donors (Lipinski definition) is 1. The van der Waals surface area contributed by atoms with Crippen LogP contribution >= 0.6 is 11.6 Å². The minimum atomic E-state index is -3.15. The molecule has 1 amide bonds. The summed E-state index contributed by atoms with van der Waals surface area (Å²) in [7, 11) is -3.15. The van der Waals surface area contributed by atoms with Crippen molar-refractivity contribution in [3.63, 3.8) is 0 Å². The Kier molecular flexibility index (Phi) is 7.26. The van der Waals surface area contributed by atoms with Gasteiger partial charge in [0.15, 0.2) is 0 Å². The molecular formula is C20H26ClFN4O3S. The van der Waals surface area contributed by atoms with Crippen molar-refractivity contribution in [1.82, 2.24) is 15.2 Å². The van der Waals surface area contributed by atoms with Gasteiger partial charge in [-0.05, 0) is 37.5 Å². The summed E-state index contributed by atoms with van der Waals surface area (Å²) in [5.41, 5.74) is 2.20. The zero-order chi connectivity index (χ0) is 21.9. The smallest absolute Gasteiger partial charge is 0.221 e. The Bertz CT molecular complexity index is 959. The van der Waals surface area contributed by atoms with Gasteiger partial charge >= 0.3 is 0 Å². The van der Waals surface area contributed by atoms with Crippen molar-refractivity contribution in [3.8, 4) is 0 Å². The second-order valence-corrected chi connectivity index (χ2v) is 10.5. The number of hydrogen-bond acceptors (Lipinski definition) is 6. The number of rotatable bonds is 6. The summed E-state index contributed by atoms with van der Waals surface area (Å²) in [5.74, 6) is -0.761. The van der Waals surface area contributed by atoms with Gasteiger partial charge < -0.3 is 5.32 Å². The number of piperidine rings is 1. The number of nitrogens with zero attached hydrogens (tertiary/aromatic N) is 3. The number of aryl methyl sites for hydroxylation is 1. The molecule has 7 nitrogen and oxygen atoms in total. The number of likely N-dealkylation sites (tertiary alicyclic amines) is 1. The van der Waals surface area contributed by atoms with Gasteiger partial charge in [-0.25, -0.2) is 12.8 Å². The number of halogens is 2. The van der Waals surface area contributed by atoms with E-state index in [-0.39, 0.29) is 36.1 Å². The Hall–Kier alpha value is -1.84. The van der Waals surface area contributed by atoms with Crippen LogP contribution in [0.5, 0.6) is 0 Å². The fourth-order valence-corrected chi connectivity index (χ4v) is 4.48. The molecule has 0 aromatic carbocycles. The largest absolute Gasteiger partial charge is 0.353 e. The summed E-state index contributed by atoms with van der Waals surface area (Å²) in [4.78, 5) is 22.9. The summed E-state index contributed by atoms with van der Waals surface area (Å²) in [6.45, 7) is 3.26. The molecule has 3 rings (SSSR count). The number of amides is 1. The number of aromatic nitrogens is 1. The van der Waals surface area contributed by atoms with Crippen molar-refractivity contribution in [2.45, 2.75) is 43.8 Å². The fourth-order valence-electron chi connectivity index (χ4n) is 3.68. The molecule has 0 bridgehead atoms. The normalized spacial score (nSPS) is 23.3. The number of allylic oxidation sites excluding steroid dienone is 1. The van der Waals surface area contributed by atoms with Gasteiger partial charge in [0, 0.05) is 43.6 Å². The van der Waals surface area contributed by atoms with Gasteiger partial charge in [-0.3, -0.25) is 19.7 Å². The Balaban J connectivity index is 1.59. The molecule has 3 heterocycles. The first kappa shape index (κ1) is 22.8. The van der Waals surface area contributed by atoms with Crippen molar-refractivity contribution in [2.24, 2.45) is 4.99 Å². The topological polar surface area (TPSA) is 91.7 Å². The molecule has 0 aliphatic carbocycles. The maximum absolute atomic E-state index is 13.4. The van der Waals surface area contributed by atoms with Gasteiger partial charge in [0.25, 0.3) is 0 Å². The lowest BCUT2D eigenvalue weighted by molar-refractivity contribution is -0.121. The lowest BCUT2D eigenvalue weighted by Gasteiger charge is -2.36. The van der Waals surface area contributed by atoms with E-state index >= 15 is 0 Å². The van der Waals surface area contributed by atoms with Crippen LogP contribution in [0.25, 0.3) is 5.57 Å². The van der Waals surface area contributed by atoms with E-state index < -0.39 is 15.2 Å². The third-order valence-corrected chi connectivity index (χ3v) is 6.58. The molecule has 1 aromatic rings. The molecule has 1 fully saturated rings. The standard InChI is InChI=1S/C20H26ClFN4O3S/c1-13-9-14(22)11-24-20(13)16-10-18(23-12-17(16)21)26-6-3-15(4-7-26)25-19(27)5-8-30(2,28)29/h9-12,15,17-18H,3-8H2,1-2H3,(H,25,27). The van der Waals surface area contributed by atoms with Gasteiger partial charge in [-0.2, -0.15) is 0 Å². The molecular weight excluding hydrogens is 431 g/mol. The van der Waals surface area contributed by atoms with E-state index in [4.69, 9.17) is 11.6 Å². The SMILES string of the molecule is Cc1cc(F)cnc1C1=CC(N2CCC(NC(=O)CCS(C)(=O)=O)CC2)N=CC1Cl. The van der Waals surface area contributed by atoms with Gasteiger partial charge in [-0.1, -0.05) is 0 Å². The van der Waals surface area contributed by atoms with E-state index in [0.29, 0.717) is 5.69 Å². The van der Waals surface area contributed by atoms with E-state index in [9.17, 15) is 17.6 Å². The Labute approximate surface area is 181 Å². The number of dihydropyridines is 1. The molecule has 2 atom stereocenters. The Morgan fingerprint density at radius 3 is 2.70 bits per heavy atom. The van der Waals surface area contributed by atoms with Crippen LogP contribution in [0.3, 0.4) is 0 Å². The second-order valence-electron chi connectivity index (χ2n) is 7.81. The van der Waals surface area contributed by atoms with E-state index in [1.807, 2.05) is 6.08 Å². The van der Waals surface area contributed by atoms with Crippen molar-refractivity contribution in [3.05, 3.63) is 35.4 Å². The maximum Gasteiger partial charge on any atom is 0.221 e. The van der Waals surface area contributed by atoms with Crippen LogP contribution in [0.15, 0.2) is 23.3 Å². The molecule has 0 radical (unpaired) electrons. The van der Waals surface area contributed by atoms with Crippen molar-refractivity contribution >= 4 is 39.1 Å². The number of carbonyl (C=O) groups is 1. The number of pyridine rings is 1. The third kappa shape index (κ3) is 6.09. The van der Waals surface area contributed by atoms with Gasteiger partial charge in [-0.15, -0.1) is 11.6 Å². The molecule has 1 saturated heterocycles. The van der Waals surface area contributed by atoms with Crippen LogP contribution in [-0.2, 0) is 14.6 Å². The first-order valence-electron chi connectivity index (χ1n) is 9.85. The van der Waals surface area contributed by atoms with Crippen LogP contribution in [-0.4, -0.2) is 73.1 Å². The van der Waals surface area contributed by atoms with Gasteiger partial charge in [0.05, 0.1) is 23.0 Å². The van der Waals surface area contributed by atoms with Crippen LogP contribution in [0, 0.1) is 12.7 Å².